The van der Waals surface area contributed by atoms with Gasteiger partial charge in [0.1, 0.15) is 11.4 Å². The van der Waals surface area contributed by atoms with Crippen molar-refractivity contribution in [3.63, 3.8) is 0 Å². The number of aliphatic hydroxyl groups is 1. The van der Waals surface area contributed by atoms with Crippen LogP contribution in [-0.2, 0) is 10.4 Å². The SMILES string of the molecule is CCNC(=NCC(C)(O)c1ccsc1)NCCC(=O)Nc1ccc(C)cn1. The lowest BCUT2D eigenvalue weighted by atomic mass is 10.00. The van der Waals surface area contributed by atoms with Crippen LogP contribution in [-0.4, -0.2) is 41.6 Å². The fourth-order valence-corrected chi connectivity index (χ4v) is 3.06. The van der Waals surface area contributed by atoms with Crippen LogP contribution in [0.25, 0.3) is 0 Å². The molecule has 0 aliphatic carbocycles. The molecule has 146 valence electrons. The number of aryl methyl sites for hydroxylation is 1. The monoisotopic (exact) mass is 389 g/mol. The normalized spacial score (nSPS) is 13.7. The molecule has 0 fully saturated rings. The highest BCUT2D eigenvalue weighted by atomic mass is 32.1. The molecule has 0 saturated carbocycles. The Balaban J connectivity index is 1.82. The van der Waals surface area contributed by atoms with Crippen molar-refractivity contribution in [3.8, 4) is 0 Å². The van der Waals surface area contributed by atoms with E-state index < -0.39 is 5.60 Å². The van der Waals surface area contributed by atoms with Crippen LogP contribution in [0.2, 0.25) is 0 Å². The third-order valence-corrected chi connectivity index (χ3v) is 4.54. The molecule has 0 radical (unpaired) electrons. The van der Waals surface area contributed by atoms with Crippen molar-refractivity contribution in [1.29, 1.82) is 0 Å². The van der Waals surface area contributed by atoms with Crippen molar-refractivity contribution in [2.45, 2.75) is 32.8 Å². The van der Waals surface area contributed by atoms with Crippen molar-refractivity contribution >= 4 is 29.0 Å². The molecule has 4 N–H and O–H groups in total. The molecule has 7 nitrogen and oxygen atoms in total. The summed E-state index contributed by atoms with van der Waals surface area (Å²) in [5.74, 6) is 0.979. The summed E-state index contributed by atoms with van der Waals surface area (Å²) >= 11 is 1.54. The third-order valence-electron chi connectivity index (χ3n) is 3.86. The van der Waals surface area contributed by atoms with Crippen LogP contribution < -0.4 is 16.0 Å². The van der Waals surface area contributed by atoms with Crippen LogP contribution in [0.1, 0.15) is 31.4 Å². The summed E-state index contributed by atoms with van der Waals surface area (Å²) in [6.07, 6.45) is 1.99. The minimum absolute atomic E-state index is 0.125. The second kappa shape index (κ2) is 10.0. The number of amides is 1. The fraction of sp³-hybridized carbons (Fsp3) is 0.421. The zero-order chi connectivity index (χ0) is 19.7. The molecule has 0 spiro atoms. The van der Waals surface area contributed by atoms with Crippen LogP contribution in [0.15, 0.2) is 40.1 Å². The summed E-state index contributed by atoms with van der Waals surface area (Å²) in [4.78, 5) is 20.6. The van der Waals surface area contributed by atoms with Gasteiger partial charge < -0.3 is 21.1 Å². The second-order valence-electron chi connectivity index (χ2n) is 6.43. The second-order valence-corrected chi connectivity index (χ2v) is 7.21. The summed E-state index contributed by atoms with van der Waals surface area (Å²) in [5, 5.41) is 23.4. The number of hydrogen-bond acceptors (Lipinski definition) is 5. The Morgan fingerprint density at radius 3 is 2.78 bits per heavy atom. The lowest BCUT2D eigenvalue weighted by Gasteiger charge is -2.21. The highest BCUT2D eigenvalue weighted by molar-refractivity contribution is 7.08. The quantitative estimate of drug-likeness (QED) is 0.410. The third kappa shape index (κ3) is 6.99. The summed E-state index contributed by atoms with van der Waals surface area (Å²) < 4.78 is 0. The molecular formula is C19H27N5O2S. The van der Waals surface area contributed by atoms with Gasteiger partial charge >= 0.3 is 0 Å². The summed E-state index contributed by atoms with van der Waals surface area (Å²) in [6.45, 7) is 6.97. The average Bonchev–Trinajstić information content (AvgIpc) is 3.17. The van der Waals surface area contributed by atoms with E-state index >= 15 is 0 Å². The predicted molar refractivity (Wildman–Crippen MR) is 110 cm³/mol. The van der Waals surface area contributed by atoms with Gasteiger partial charge in [0.25, 0.3) is 0 Å². The van der Waals surface area contributed by atoms with E-state index in [4.69, 9.17) is 0 Å². The van der Waals surface area contributed by atoms with Crippen molar-refractivity contribution < 1.29 is 9.90 Å². The van der Waals surface area contributed by atoms with Gasteiger partial charge in [-0.15, -0.1) is 0 Å². The van der Waals surface area contributed by atoms with E-state index in [1.807, 2.05) is 36.7 Å². The van der Waals surface area contributed by atoms with Crippen molar-refractivity contribution in [2.24, 2.45) is 4.99 Å². The Morgan fingerprint density at radius 1 is 1.33 bits per heavy atom. The van der Waals surface area contributed by atoms with Crippen LogP contribution >= 0.6 is 11.3 Å². The van der Waals surface area contributed by atoms with E-state index in [0.29, 0.717) is 24.9 Å². The number of rotatable bonds is 8. The molecule has 2 rings (SSSR count). The van der Waals surface area contributed by atoms with Gasteiger partial charge in [-0.1, -0.05) is 6.07 Å². The van der Waals surface area contributed by atoms with E-state index in [2.05, 4.69) is 25.9 Å². The molecule has 1 amide bonds. The lowest BCUT2D eigenvalue weighted by molar-refractivity contribution is -0.116. The topological polar surface area (TPSA) is 98.6 Å². The maximum absolute atomic E-state index is 12.0. The van der Waals surface area contributed by atoms with Crippen molar-refractivity contribution in [3.05, 3.63) is 46.3 Å². The molecule has 27 heavy (non-hydrogen) atoms. The van der Waals surface area contributed by atoms with Gasteiger partial charge in [0.2, 0.25) is 5.91 Å². The van der Waals surface area contributed by atoms with Gasteiger partial charge in [-0.3, -0.25) is 4.79 Å². The van der Waals surface area contributed by atoms with Crippen LogP contribution in [0.3, 0.4) is 0 Å². The van der Waals surface area contributed by atoms with E-state index in [1.165, 1.54) is 0 Å². The maximum Gasteiger partial charge on any atom is 0.227 e. The van der Waals surface area contributed by atoms with Crippen LogP contribution in [0.4, 0.5) is 5.82 Å². The van der Waals surface area contributed by atoms with E-state index in [0.717, 1.165) is 11.1 Å². The zero-order valence-electron chi connectivity index (χ0n) is 16.0. The summed E-state index contributed by atoms with van der Waals surface area (Å²) in [6, 6.07) is 5.57. The largest absolute Gasteiger partial charge is 0.383 e. The molecule has 0 aliphatic heterocycles. The molecule has 0 aromatic carbocycles. The molecule has 0 bridgehead atoms. The van der Waals surface area contributed by atoms with Gasteiger partial charge in [-0.2, -0.15) is 11.3 Å². The van der Waals surface area contributed by atoms with Gasteiger partial charge in [0.15, 0.2) is 5.96 Å². The standard InChI is InChI=1S/C19H27N5O2S/c1-4-20-18(23-13-19(3,26)15-8-10-27-12-15)21-9-7-17(25)24-16-6-5-14(2)11-22-16/h5-6,8,10-12,26H,4,7,9,13H2,1-3H3,(H2,20,21,23)(H,22,24,25). The minimum atomic E-state index is -1.03. The number of aliphatic imine (C=N–C) groups is 1. The first-order chi connectivity index (χ1) is 12.9. The van der Waals surface area contributed by atoms with Crippen molar-refractivity contribution in [2.75, 3.05) is 25.0 Å². The number of carbonyl (C=O) groups is 1. The van der Waals surface area contributed by atoms with Gasteiger partial charge in [-0.05, 0) is 54.8 Å². The number of hydrogen-bond donors (Lipinski definition) is 4. The van der Waals surface area contributed by atoms with Gasteiger partial charge in [0, 0.05) is 25.7 Å². The average molecular weight is 390 g/mol. The Kier molecular flexibility index (Phi) is 7.75. The lowest BCUT2D eigenvalue weighted by Crippen LogP contribution is -2.40. The highest BCUT2D eigenvalue weighted by Crippen LogP contribution is 2.23. The zero-order valence-corrected chi connectivity index (χ0v) is 16.8. The van der Waals surface area contributed by atoms with Crippen LogP contribution in [0, 0.1) is 6.92 Å². The number of thiophene rings is 1. The summed E-state index contributed by atoms with van der Waals surface area (Å²) in [7, 11) is 0. The Hall–Kier alpha value is -2.45. The number of guanidine groups is 1. The molecule has 1 unspecified atom stereocenters. The van der Waals surface area contributed by atoms with E-state index in [-0.39, 0.29) is 18.9 Å². The Labute approximate surface area is 163 Å². The Bertz CT molecular complexity index is 742. The molecule has 1 atom stereocenters. The van der Waals surface area contributed by atoms with E-state index in [1.54, 1.807) is 30.5 Å². The first kappa shape index (κ1) is 20.9. The maximum atomic E-state index is 12.0. The van der Waals surface area contributed by atoms with Crippen molar-refractivity contribution in [1.82, 2.24) is 15.6 Å². The highest BCUT2D eigenvalue weighted by Gasteiger charge is 2.23. The number of aromatic nitrogens is 1. The number of anilines is 1. The number of pyridine rings is 1. The van der Waals surface area contributed by atoms with Gasteiger partial charge in [-0.25, -0.2) is 9.98 Å². The molecule has 0 aliphatic rings. The number of carbonyl (C=O) groups excluding carboxylic acids is 1. The molecule has 0 saturated heterocycles. The minimum Gasteiger partial charge on any atom is -0.383 e. The fourth-order valence-electron chi connectivity index (χ4n) is 2.28. The molecule has 2 aromatic rings. The molecule has 2 heterocycles. The first-order valence-corrected chi connectivity index (χ1v) is 9.84. The predicted octanol–water partition coefficient (Wildman–Crippen LogP) is 2.24. The molecular weight excluding hydrogens is 362 g/mol. The smallest absolute Gasteiger partial charge is 0.227 e. The number of nitrogens with zero attached hydrogens (tertiary/aromatic N) is 2. The molecule has 2 aromatic heterocycles. The number of nitrogens with one attached hydrogen (secondary N) is 3. The van der Waals surface area contributed by atoms with Crippen LogP contribution in [0.5, 0.6) is 0 Å². The summed E-state index contributed by atoms with van der Waals surface area (Å²) in [5.41, 5.74) is 0.855. The van der Waals surface area contributed by atoms with Gasteiger partial charge in [0.05, 0.1) is 6.54 Å². The molecule has 8 heteroatoms. The first-order valence-electron chi connectivity index (χ1n) is 8.90. The Morgan fingerprint density at radius 2 is 2.15 bits per heavy atom. The van der Waals surface area contributed by atoms with E-state index in [9.17, 15) is 9.90 Å².